The number of urea groups is 1. The molecule has 0 aromatic heterocycles. The van der Waals surface area contributed by atoms with Gasteiger partial charge in [-0.25, -0.2) is 4.79 Å². The van der Waals surface area contributed by atoms with E-state index < -0.39 is 42.3 Å². The van der Waals surface area contributed by atoms with Crippen LogP contribution in [-0.2, 0) is 0 Å². The second-order valence-electron chi connectivity index (χ2n) is 10.5. The summed E-state index contributed by atoms with van der Waals surface area (Å²) in [5.74, 6) is -1.62. The topological polar surface area (TPSA) is 104 Å². The molecule has 1 saturated carbocycles. The van der Waals surface area contributed by atoms with Gasteiger partial charge in [-0.05, 0) is 50.2 Å². The summed E-state index contributed by atoms with van der Waals surface area (Å²) in [6, 6.07) is 7.05. The van der Waals surface area contributed by atoms with Crippen molar-refractivity contribution in [2.24, 2.45) is 0 Å². The molecule has 0 radical (unpaired) electrons. The van der Waals surface area contributed by atoms with Crippen LogP contribution in [0.25, 0.3) is 0 Å². The zero-order chi connectivity index (χ0) is 31.9. The van der Waals surface area contributed by atoms with E-state index in [0.717, 1.165) is 50.4 Å². The number of piperazine rings is 1. The molecule has 2 atom stereocenters. The molecule has 3 amide bonds. The van der Waals surface area contributed by atoms with Gasteiger partial charge < -0.3 is 35.1 Å². The average Bonchev–Trinajstić information content (AvgIpc) is 3.35. The van der Waals surface area contributed by atoms with E-state index in [0.29, 0.717) is 25.8 Å². The van der Waals surface area contributed by atoms with Gasteiger partial charge in [0, 0.05) is 63.5 Å². The molecule has 2 fully saturated rings. The van der Waals surface area contributed by atoms with Crippen LogP contribution in [0.3, 0.4) is 0 Å². The van der Waals surface area contributed by atoms with Crippen LogP contribution >= 0.6 is 0 Å². The molecule has 10 nitrogen and oxygen atoms in total. The number of carbonyl (C=O) groups excluding carboxylic acids is 2. The molecule has 2 aliphatic rings. The minimum Gasteiger partial charge on any atom is -0.490 e. The summed E-state index contributed by atoms with van der Waals surface area (Å²) in [7, 11) is 2.02. The Kier molecular flexibility index (Phi) is 10.7. The minimum atomic E-state index is -4.95. The summed E-state index contributed by atoms with van der Waals surface area (Å²) in [5, 5.41) is 7.91. The van der Waals surface area contributed by atoms with E-state index in [-0.39, 0.29) is 29.6 Å². The fourth-order valence-electron chi connectivity index (χ4n) is 4.96. The van der Waals surface area contributed by atoms with Crippen LogP contribution in [0.15, 0.2) is 42.5 Å². The Hall–Kier alpha value is -3.92. The van der Waals surface area contributed by atoms with Crippen LogP contribution in [0.4, 0.5) is 36.8 Å². The number of nitrogens with zero attached hydrogens (tertiary/aromatic N) is 2. The van der Waals surface area contributed by atoms with Crippen LogP contribution in [0, 0.1) is 0 Å². The van der Waals surface area contributed by atoms with E-state index in [1.807, 2.05) is 7.05 Å². The van der Waals surface area contributed by atoms with Gasteiger partial charge in [0.25, 0.3) is 5.91 Å². The highest BCUT2D eigenvalue weighted by molar-refractivity contribution is 5.97. The number of likely N-dealkylation sites (N-methyl/N-ethyl adjacent to an activating group) is 1. The maximum atomic E-state index is 13.0. The van der Waals surface area contributed by atoms with Gasteiger partial charge in [-0.3, -0.25) is 9.69 Å². The van der Waals surface area contributed by atoms with Gasteiger partial charge in [0.2, 0.25) is 0 Å². The van der Waals surface area contributed by atoms with Crippen LogP contribution in [0.2, 0.25) is 0 Å². The predicted molar refractivity (Wildman–Crippen MR) is 147 cm³/mol. The average molecular weight is 634 g/mol. The Bertz CT molecular complexity index is 1290. The number of alkyl halides is 6. The van der Waals surface area contributed by atoms with Crippen molar-refractivity contribution in [2.75, 3.05) is 51.6 Å². The van der Waals surface area contributed by atoms with Gasteiger partial charge in [-0.1, -0.05) is 6.07 Å². The van der Waals surface area contributed by atoms with Crippen molar-refractivity contribution < 1.29 is 50.1 Å². The second-order valence-corrected chi connectivity index (χ2v) is 10.5. The van der Waals surface area contributed by atoms with Crippen molar-refractivity contribution in [3.05, 3.63) is 48.0 Å². The molecule has 242 valence electrons. The Morgan fingerprint density at radius 1 is 0.909 bits per heavy atom. The lowest BCUT2D eigenvalue weighted by molar-refractivity contribution is -0.275. The van der Waals surface area contributed by atoms with Gasteiger partial charge in [0.05, 0.1) is 5.56 Å². The molecule has 2 unspecified atom stereocenters. The minimum absolute atomic E-state index is 0.0632. The third kappa shape index (κ3) is 10.7. The van der Waals surface area contributed by atoms with Gasteiger partial charge in [-0.2, -0.15) is 0 Å². The standard InChI is InChI=1S/C28H33F6N5O5/c1-38-11-13-39(14-12-38)10-9-35-25(40)23-17-22(44-28(32,33)34)7-8-24(23)42-20-6-5-19(15-20)37-26(41)36-18-3-2-4-21(16-18)43-27(29,30)31/h2-4,7-8,16-17,19-20H,5-6,9-15H2,1H3,(H,35,40)(H2,36,37,41). The van der Waals surface area contributed by atoms with Crippen molar-refractivity contribution in [3.63, 3.8) is 0 Å². The molecule has 1 aliphatic carbocycles. The summed E-state index contributed by atoms with van der Waals surface area (Å²) in [4.78, 5) is 29.9. The lowest BCUT2D eigenvalue weighted by atomic mass is 10.1. The van der Waals surface area contributed by atoms with E-state index in [2.05, 4.69) is 35.2 Å². The number of benzene rings is 2. The highest BCUT2D eigenvalue weighted by Gasteiger charge is 2.33. The molecule has 2 aromatic rings. The summed E-state index contributed by atoms with van der Waals surface area (Å²) in [5.41, 5.74) is -0.0419. The van der Waals surface area contributed by atoms with E-state index in [9.17, 15) is 35.9 Å². The fraction of sp³-hybridized carbons (Fsp3) is 0.500. The molecule has 0 spiro atoms. The number of rotatable bonds is 10. The second kappa shape index (κ2) is 14.2. The normalized spacial score (nSPS) is 19.7. The first kappa shape index (κ1) is 33.0. The highest BCUT2D eigenvalue weighted by Crippen LogP contribution is 2.32. The van der Waals surface area contributed by atoms with E-state index in [4.69, 9.17) is 4.74 Å². The lowest BCUT2D eigenvalue weighted by Gasteiger charge is -2.32. The number of hydrogen-bond donors (Lipinski definition) is 3. The molecule has 0 bridgehead atoms. The number of nitrogens with one attached hydrogen (secondary N) is 3. The zero-order valence-electron chi connectivity index (χ0n) is 23.8. The molecular formula is C28H33F6N5O5. The monoisotopic (exact) mass is 633 g/mol. The van der Waals surface area contributed by atoms with Crippen molar-refractivity contribution in [3.8, 4) is 17.2 Å². The van der Waals surface area contributed by atoms with Crippen molar-refractivity contribution >= 4 is 17.6 Å². The number of anilines is 1. The molecule has 1 saturated heterocycles. The molecule has 44 heavy (non-hydrogen) atoms. The van der Waals surface area contributed by atoms with Crippen LogP contribution in [0.5, 0.6) is 17.2 Å². The van der Waals surface area contributed by atoms with Gasteiger partial charge in [0.1, 0.15) is 23.4 Å². The third-order valence-corrected chi connectivity index (χ3v) is 7.08. The first-order chi connectivity index (χ1) is 20.7. The zero-order valence-corrected chi connectivity index (χ0v) is 23.8. The number of amides is 3. The molecule has 2 aromatic carbocycles. The van der Waals surface area contributed by atoms with Crippen LogP contribution in [-0.4, -0.2) is 92.9 Å². The number of halogens is 6. The number of hydrogen-bond acceptors (Lipinski definition) is 7. The highest BCUT2D eigenvalue weighted by atomic mass is 19.4. The largest absolute Gasteiger partial charge is 0.573 e. The fourth-order valence-corrected chi connectivity index (χ4v) is 4.96. The Labute approximate surface area is 249 Å². The van der Waals surface area contributed by atoms with E-state index in [1.165, 1.54) is 18.2 Å². The quantitative estimate of drug-likeness (QED) is 0.329. The number of ether oxygens (including phenoxy) is 3. The predicted octanol–water partition coefficient (Wildman–Crippen LogP) is 4.58. The Morgan fingerprint density at radius 2 is 1.59 bits per heavy atom. The summed E-state index contributed by atoms with van der Waals surface area (Å²) >= 11 is 0. The van der Waals surface area contributed by atoms with Gasteiger partial charge >= 0.3 is 18.8 Å². The summed E-state index contributed by atoms with van der Waals surface area (Å²) in [6.07, 6.45) is -9.04. The third-order valence-electron chi connectivity index (χ3n) is 7.08. The molecular weight excluding hydrogens is 600 g/mol. The summed E-state index contributed by atoms with van der Waals surface area (Å²) in [6.45, 7) is 4.32. The van der Waals surface area contributed by atoms with Crippen LogP contribution < -0.4 is 30.2 Å². The van der Waals surface area contributed by atoms with Crippen LogP contribution in [0.1, 0.15) is 29.6 Å². The van der Waals surface area contributed by atoms with Crippen molar-refractivity contribution in [2.45, 2.75) is 44.1 Å². The molecule has 1 heterocycles. The molecule has 3 N–H and O–H groups in total. The lowest BCUT2D eigenvalue weighted by Crippen LogP contribution is -2.46. The molecule has 16 heteroatoms. The molecule has 4 rings (SSSR count). The Balaban J connectivity index is 1.33. The van der Waals surface area contributed by atoms with E-state index in [1.54, 1.807) is 0 Å². The smallest absolute Gasteiger partial charge is 0.490 e. The van der Waals surface area contributed by atoms with Crippen molar-refractivity contribution in [1.29, 1.82) is 0 Å². The summed E-state index contributed by atoms with van der Waals surface area (Å²) < 4.78 is 89.9. The first-order valence-corrected chi connectivity index (χ1v) is 13.9. The van der Waals surface area contributed by atoms with E-state index >= 15 is 0 Å². The van der Waals surface area contributed by atoms with Gasteiger partial charge in [0.15, 0.2) is 0 Å². The first-order valence-electron chi connectivity index (χ1n) is 13.9. The molecule has 1 aliphatic heterocycles. The number of carbonyl (C=O) groups is 2. The SMILES string of the molecule is CN1CCN(CCNC(=O)c2cc(OC(F)(F)F)ccc2OC2CCC(NC(=O)Nc3cccc(OC(F)(F)F)c3)C2)CC1. The van der Waals surface area contributed by atoms with Gasteiger partial charge in [-0.15, -0.1) is 26.3 Å². The maximum Gasteiger partial charge on any atom is 0.573 e. The maximum absolute atomic E-state index is 13.0. The Morgan fingerprint density at radius 3 is 2.27 bits per heavy atom. The van der Waals surface area contributed by atoms with Crippen molar-refractivity contribution in [1.82, 2.24) is 20.4 Å².